The minimum absolute atomic E-state index is 0.594. The van der Waals surface area contributed by atoms with Gasteiger partial charge in [0.25, 0.3) is 0 Å². The quantitative estimate of drug-likeness (QED) is 0.426. The second-order valence-corrected chi connectivity index (χ2v) is 7.92. The van der Waals surface area contributed by atoms with Crippen LogP contribution in [0.5, 0.6) is 5.75 Å². The summed E-state index contributed by atoms with van der Waals surface area (Å²) < 4.78 is 5.57. The van der Waals surface area contributed by atoms with E-state index in [1.807, 2.05) is 32.0 Å². The van der Waals surface area contributed by atoms with E-state index >= 15 is 0 Å². The summed E-state index contributed by atoms with van der Waals surface area (Å²) in [6.07, 6.45) is 1.61. The van der Waals surface area contributed by atoms with E-state index in [9.17, 15) is 0 Å². The van der Waals surface area contributed by atoms with Gasteiger partial charge in [0.1, 0.15) is 28.0 Å². The van der Waals surface area contributed by atoms with E-state index in [-0.39, 0.29) is 0 Å². The van der Waals surface area contributed by atoms with Crippen molar-refractivity contribution in [3.8, 4) is 16.9 Å². The fraction of sp³-hybridized carbons (Fsp3) is 0.190. The third kappa shape index (κ3) is 3.66. The van der Waals surface area contributed by atoms with Gasteiger partial charge < -0.3 is 10.1 Å². The summed E-state index contributed by atoms with van der Waals surface area (Å²) in [6.45, 7) is 6.63. The van der Waals surface area contributed by atoms with Crippen LogP contribution in [-0.2, 0) is 0 Å². The van der Waals surface area contributed by atoms with Gasteiger partial charge in [-0.1, -0.05) is 23.7 Å². The molecule has 0 radical (unpaired) electrons. The first kappa shape index (κ1) is 18.7. The maximum absolute atomic E-state index is 5.95. The molecule has 0 spiro atoms. The van der Waals surface area contributed by atoms with Crippen LogP contribution in [0, 0.1) is 13.8 Å². The third-order valence-corrected chi connectivity index (χ3v) is 5.49. The molecule has 0 saturated carbocycles. The fourth-order valence-electron chi connectivity index (χ4n) is 3.11. The van der Waals surface area contributed by atoms with Gasteiger partial charge in [-0.2, -0.15) is 0 Å². The van der Waals surface area contributed by atoms with Crippen molar-refractivity contribution in [3.05, 3.63) is 58.3 Å². The summed E-state index contributed by atoms with van der Waals surface area (Å²) in [5.41, 5.74) is 2.23. The molecular formula is C21H19ClN4OS. The van der Waals surface area contributed by atoms with Crippen LogP contribution in [0.25, 0.3) is 21.3 Å². The van der Waals surface area contributed by atoms with Gasteiger partial charge in [-0.15, -0.1) is 11.3 Å². The lowest BCUT2D eigenvalue weighted by Crippen LogP contribution is -2.00. The highest BCUT2D eigenvalue weighted by Gasteiger charge is 2.18. The Morgan fingerprint density at radius 2 is 1.86 bits per heavy atom. The number of aryl methyl sites for hydroxylation is 2. The van der Waals surface area contributed by atoms with Gasteiger partial charge in [-0.25, -0.2) is 15.0 Å². The van der Waals surface area contributed by atoms with Gasteiger partial charge >= 0.3 is 0 Å². The Balaban J connectivity index is 1.84. The molecule has 1 aromatic carbocycles. The second kappa shape index (κ2) is 7.73. The predicted octanol–water partition coefficient (Wildman–Crippen LogP) is 6.17. The molecule has 0 aliphatic heterocycles. The van der Waals surface area contributed by atoms with Crippen LogP contribution < -0.4 is 10.1 Å². The summed E-state index contributed by atoms with van der Waals surface area (Å²) >= 11 is 7.62. The molecule has 3 aromatic heterocycles. The molecule has 4 aromatic rings. The van der Waals surface area contributed by atoms with Gasteiger partial charge in [0.05, 0.1) is 17.0 Å². The van der Waals surface area contributed by atoms with Crippen LogP contribution in [0.2, 0.25) is 5.02 Å². The zero-order valence-electron chi connectivity index (χ0n) is 15.8. The van der Waals surface area contributed by atoms with Gasteiger partial charge in [-0.3, -0.25) is 0 Å². The molecule has 5 nitrogen and oxygen atoms in total. The number of fused-ring (bicyclic) bond motifs is 1. The Labute approximate surface area is 172 Å². The minimum Gasteiger partial charge on any atom is -0.494 e. The fourth-order valence-corrected chi connectivity index (χ4v) is 4.31. The number of rotatable bonds is 5. The lowest BCUT2D eigenvalue weighted by atomic mass is 10.0. The highest BCUT2D eigenvalue weighted by Crippen LogP contribution is 2.41. The predicted molar refractivity (Wildman–Crippen MR) is 116 cm³/mol. The summed E-state index contributed by atoms with van der Waals surface area (Å²) in [6, 6.07) is 11.8. The number of nitrogens with zero attached hydrogens (tertiary/aromatic N) is 3. The molecule has 0 aliphatic carbocycles. The van der Waals surface area contributed by atoms with E-state index in [1.54, 1.807) is 23.6 Å². The molecule has 7 heteroatoms. The molecule has 0 saturated heterocycles. The highest BCUT2D eigenvalue weighted by molar-refractivity contribution is 7.19. The van der Waals surface area contributed by atoms with E-state index in [2.05, 4.69) is 39.3 Å². The number of aromatic nitrogens is 3. The van der Waals surface area contributed by atoms with Crippen LogP contribution in [-0.4, -0.2) is 21.6 Å². The molecule has 0 aliphatic rings. The number of pyridine rings is 1. The first-order chi connectivity index (χ1) is 13.5. The monoisotopic (exact) mass is 410 g/mol. The smallest absolute Gasteiger partial charge is 0.144 e. The Bertz CT molecular complexity index is 1120. The van der Waals surface area contributed by atoms with Gasteiger partial charge in [0, 0.05) is 16.6 Å². The molecule has 0 fully saturated rings. The van der Waals surface area contributed by atoms with Crippen molar-refractivity contribution in [1.82, 2.24) is 15.0 Å². The standard InChI is InChI=1S/C21H19ClN4OS/c1-4-27-16-8-5-14(6-9-16)18-12(2)28-21-19(18)20(24-13(3)25-21)26-17-10-7-15(22)11-23-17/h5-11H,4H2,1-3H3,(H,23,24,25,26). The van der Waals surface area contributed by atoms with Crippen molar-refractivity contribution < 1.29 is 4.74 Å². The van der Waals surface area contributed by atoms with E-state index in [0.29, 0.717) is 23.3 Å². The summed E-state index contributed by atoms with van der Waals surface area (Å²) in [5, 5.41) is 4.92. The maximum Gasteiger partial charge on any atom is 0.144 e. The summed E-state index contributed by atoms with van der Waals surface area (Å²) in [4.78, 5) is 15.8. The number of anilines is 2. The largest absolute Gasteiger partial charge is 0.494 e. The van der Waals surface area contributed by atoms with Crippen LogP contribution >= 0.6 is 22.9 Å². The number of hydrogen-bond acceptors (Lipinski definition) is 6. The van der Waals surface area contributed by atoms with Crippen LogP contribution in [0.4, 0.5) is 11.6 Å². The molecule has 28 heavy (non-hydrogen) atoms. The number of benzene rings is 1. The van der Waals surface area contributed by atoms with Gasteiger partial charge in [-0.05, 0) is 50.6 Å². The van der Waals surface area contributed by atoms with Crippen molar-refractivity contribution in [2.75, 3.05) is 11.9 Å². The number of halogens is 1. The number of thiophene rings is 1. The molecular weight excluding hydrogens is 392 g/mol. The topological polar surface area (TPSA) is 59.9 Å². The summed E-state index contributed by atoms with van der Waals surface area (Å²) in [7, 11) is 0. The van der Waals surface area contributed by atoms with Crippen molar-refractivity contribution in [1.29, 1.82) is 0 Å². The Kier molecular flexibility index (Phi) is 5.15. The molecule has 1 N–H and O–H groups in total. The first-order valence-electron chi connectivity index (χ1n) is 8.94. The zero-order chi connectivity index (χ0) is 19.7. The van der Waals surface area contributed by atoms with Crippen molar-refractivity contribution in [3.63, 3.8) is 0 Å². The minimum atomic E-state index is 0.594. The van der Waals surface area contributed by atoms with Crippen molar-refractivity contribution in [2.45, 2.75) is 20.8 Å². The molecule has 0 unspecified atom stereocenters. The lowest BCUT2D eigenvalue weighted by Gasteiger charge is -2.10. The Morgan fingerprint density at radius 3 is 2.54 bits per heavy atom. The second-order valence-electron chi connectivity index (χ2n) is 6.28. The Hall–Kier alpha value is -2.70. The molecule has 0 bridgehead atoms. The van der Waals surface area contributed by atoms with E-state index in [1.165, 1.54) is 4.88 Å². The third-order valence-electron chi connectivity index (χ3n) is 4.27. The normalized spacial score (nSPS) is 11.0. The number of ether oxygens (including phenoxy) is 1. The van der Waals surface area contributed by atoms with Crippen LogP contribution in [0.15, 0.2) is 42.6 Å². The van der Waals surface area contributed by atoms with E-state index in [0.717, 1.165) is 32.9 Å². The Morgan fingerprint density at radius 1 is 1.07 bits per heavy atom. The van der Waals surface area contributed by atoms with Crippen molar-refractivity contribution in [2.24, 2.45) is 0 Å². The average Bonchev–Trinajstić information content (AvgIpc) is 3.00. The first-order valence-corrected chi connectivity index (χ1v) is 10.1. The van der Waals surface area contributed by atoms with Gasteiger partial charge in [0.15, 0.2) is 0 Å². The summed E-state index contributed by atoms with van der Waals surface area (Å²) in [5.74, 6) is 3.00. The molecule has 142 valence electrons. The molecule has 3 heterocycles. The highest BCUT2D eigenvalue weighted by atomic mass is 35.5. The van der Waals surface area contributed by atoms with Crippen LogP contribution in [0.3, 0.4) is 0 Å². The molecule has 0 amide bonds. The molecule has 0 atom stereocenters. The maximum atomic E-state index is 5.95. The zero-order valence-corrected chi connectivity index (χ0v) is 17.4. The van der Waals surface area contributed by atoms with Crippen LogP contribution in [0.1, 0.15) is 17.6 Å². The average molecular weight is 411 g/mol. The SMILES string of the molecule is CCOc1ccc(-c2c(C)sc3nc(C)nc(Nc4ccc(Cl)cn4)c23)cc1. The number of nitrogens with one attached hydrogen (secondary N) is 1. The van der Waals surface area contributed by atoms with Gasteiger partial charge in [0.2, 0.25) is 0 Å². The number of hydrogen-bond donors (Lipinski definition) is 1. The van der Waals surface area contributed by atoms with E-state index < -0.39 is 0 Å². The molecule has 4 rings (SSSR count). The lowest BCUT2D eigenvalue weighted by molar-refractivity contribution is 0.340. The van der Waals surface area contributed by atoms with E-state index in [4.69, 9.17) is 16.3 Å². The van der Waals surface area contributed by atoms with Crippen molar-refractivity contribution >= 4 is 44.8 Å².